The van der Waals surface area contributed by atoms with E-state index in [-0.39, 0.29) is 16.9 Å². The van der Waals surface area contributed by atoms with Gasteiger partial charge >= 0.3 is 0 Å². The van der Waals surface area contributed by atoms with Gasteiger partial charge < -0.3 is 10.1 Å². The highest BCUT2D eigenvalue weighted by molar-refractivity contribution is 7.89. The molecule has 0 bridgehead atoms. The van der Waals surface area contributed by atoms with Gasteiger partial charge in [0, 0.05) is 36.5 Å². The number of sulfonamides is 1. The van der Waals surface area contributed by atoms with Gasteiger partial charge in [0.05, 0.1) is 23.0 Å². The van der Waals surface area contributed by atoms with Gasteiger partial charge in [0.15, 0.2) is 0 Å². The second-order valence-electron chi connectivity index (χ2n) is 9.34. The van der Waals surface area contributed by atoms with E-state index in [1.165, 1.54) is 18.2 Å². The summed E-state index contributed by atoms with van der Waals surface area (Å²) in [4.78, 5) is 16.4. The van der Waals surface area contributed by atoms with Crippen LogP contribution in [0.5, 0.6) is 5.75 Å². The predicted octanol–water partition coefficient (Wildman–Crippen LogP) is 4.53. The zero-order valence-corrected chi connectivity index (χ0v) is 21.9. The molecule has 3 aromatic rings. The van der Waals surface area contributed by atoms with E-state index in [1.807, 2.05) is 25.1 Å². The molecule has 1 saturated heterocycles. The Morgan fingerprint density at radius 3 is 2.58 bits per heavy atom. The number of hydrogen-bond donors (Lipinski definition) is 1. The highest BCUT2D eigenvalue weighted by atomic mass is 35.5. The number of nitrogens with zero attached hydrogens (tertiary/aromatic N) is 2. The maximum atomic E-state index is 13.1. The van der Waals surface area contributed by atoms with Crippen LogP contribution >= 0.6 is 11.6 Å². The van der Waals surface area contributed by atoms with E-state index in [2.05, 4.69) is 10.3 Å². The Hall–Kier alpha value is -3.34. The van der Waals surface area contributed by atoms with Crippen molar-refractivity contribution in [2.45, 2.75) is 36.8 Å². The summed E-state index contributed by atoms with van der Waals surface area (Å²) >= 11 is 6.47. The molecule has 0 saturated carbocycles. The van der Waals surface area contributed by atoms with E-state index in [4.69, 9.17) is 16.3 Å². The number of aromatic nitrogens is 1. The largest absolute Gasteiger partial charge is 0.484 e. The van der Waals surface area contributed by atoms with E-state index in [0.29, 0.717) is 29.3 Å². The zero-order valence-electron chi connectivity index (χ0n) is 20.3. The number of ether oxygens (including phenoxy) is 1. The fourth-order valence-corrected chi connectivity index (χ4v) is 6.05. The molecule has 2 aliphatic rings. The molecule has 11 heteroatoms. The summed E-state index contributed by atoms with van der Waals surface area (Å²) in [6.07, 6.45) is 4.96. The monoisotopic (exact) mass is 559 g/mol. The average molecular weight is 560 g/mol. The molecule has 1 aromatic heterocycles. The maximum Gasteiger partial charge on any atom is 0.275 e. The quantitative estimate of drug-likeness (QED) is 0.430. The van der Waals surface area contributed by atoms with Crippen LogP contribution in [0.25, 0.3) is 11.1 Å². The fourth-order valence-electron chi connectivity index (χ4n) is 4.27. The van der Waals surface area contributed by atoms with Crippen LogP contribution in [0.1, 0.15) is 16.8 Å². The van der Waals surface area contributed by atoms with Crippen LogP contribution in [0, 0.1) is 6.92 Å². The van der Waals surface area contributed by atoms with Gasteiger partial charge in [-0.25, -0.2) is 17.2 Å². The van der Waals surface area contributed by atoms with Gasteiger partial charge in [0.2, 0.25) is 15.9 Å². The summed E-state index contributed by atoms with van der Waals surface area (Å²) in [7, 11) is -3.97. The van der Waals surface area contributed by atoms with Crippen molar-refractivity contribution in [1.82, 2.24) is 14.6 Å². The molecule has 7 nitrogen and oxygen atoms in total. The van der Waals surface area contributed by atoms with Crippen LogP contribution in [0.15, 0.2) is 71.8 Å². The Labute approximate surface area is 224 Å². The number of amides is 1. The molecule has 3 heterocycles. The number of carbonyl (C=O) groups is 1. The molecule has 0 spiro atoms. The molecule has 38 heavy (non-hydrogen) atoms. The molecule has 198 valence electrons. The summed E-state index contributed by atoms with van der Waals surface area (Å²) in [6.45, 7) is 0.644. The highest BCUT2D eigenvalue weighted by Gasteiger charge is 2.49. The molecule has 5 rings (SSSR count). The van der Waals surface area contributed by atoms with Gasteiger partial charge in [0.1, 0.15) is 11.9 Å². The van der Waals surface area contributed by atoms with Crippen LogP contribution in [-0.4, -0.2) is 48.7 Å². The summed E-state index contributed by atoms with van der Waals surface area (Å²) < 4.78 is 58.1. The minimum atomic E-state index is -3.97. The Morgan fingerprint density at radius 1 is 1.18 bits per heavy atom. The zero-order chi connectivity index (χ0) is 27.1. The Bertz CT molecular complexity index is 1500. The number of fused-ring (bicyclic) bond motifs is 1. The number of nitrogens with one attached hydrogen (secondary N) is 1. The smallest absolute Gasteiger partial charge is 0.275 e. The molecular weight excluding hydrogens is 536 g/mol. The minimum absolute atomic E-state index is 0.0468. The third-order valence-electron chi connectivity index (χ3n) is 6.35. The van der Waals surface area contributed by atoms with Crippen molar-refractivity contribution in [3.63, 3.8) is 0 Å². The van der Waals surface area contributed by atoms with Crippen molar-refractivity contribution < 1.29 is 26.7 Å². The molecule has 1 unspecified atom stereocenters. The molecule has 1 amide bonds. The minimum Gasteiger partial charge on any atom is -0.484 e. The number of rotatable bonds is 7. The lowest BCUT2D eigenvalue weighted by Crippen LogP contribution is -2.58. The lowest BCUT2D eigenvalue weighted by atomic mass is 10.0. The summed E-state index contributed by atoms with van der Waals surface area (Å²) in [6, 6.07) is 13.4. The first kappa shape index (κ1) is 26.3. The van der Waals surface area contributed by atoms with Gasteiger partial charge in [0.25, 0.3) is 5.92 Å². The third kappa shape index (κ3) is 5.57. The standard InChI is InChI=1S/C27H24ClF2N3O4S/c1-17-2-3-18(13-31-17)14-32-25(34)9-6-22-11-21-10-20(12-24(28)26(21)37-22)19-4-7-23(8-5-19)38(35,36)33-15-27(29,30)16-33/h2-10,12-13,22H,11,14-16H2,1H3,(H,32,34)/b9-6+. The van der Waals surface area contributed by atoms with Crippen LogP contribution in [0.2, 0.25) is 5.02 Å². The summed E-state index contributed by atoms with van der Waals surface area (Å²) in [5, 5.41) is 3.20. The number of hydrogen-bond acceptors (Lipinski definition) is 5. The molecule has 1 atom stereocenters. The van der Waals surface area contributed by atoms with Crippen molar-refractivity contribution in [3.05, 3.63) is 88.7 Å². The molecule has 0 radical (unpaired) electrons. The molecule has 1 N–H and O–H groups in total. The number of carbonyl (C=O) groups excluding carboxylic acids is 1. The van der Waals surface area contributed by atoms with Gasteiger partial charge in [-0.3, -0.25) is 9.78 Å². The van der Waals surface area contributed by atoms with E-state index in [0.717, 1.165) is 26.7 Å². The Morgan fingerprint density at radius 2 is 1.92 bits per heavy atom. The van der Waals surface area contributed by atoms with E-state index >= 15 is 0 Å². The van der Waals surface area contributed by atoms with Gasteiger partial charge in [-0.2, -0.15) is 4.31 Å². The first-order valence-corrected chi connectivity index (χ1v) is 13.7. The lowest BCUT2D eigenvalue weighted by Gasteiger charge is -2.37. The van der Waals surface area contributed by atoms with Crippen molar-refractivity contribution in [1.29, 1.82) is 0 Å². The van der Waals surface area contributed by atoms with Crippen molar-refractivity contribution >= 4 is 27.5 Å². The normalized spacial score (nSPS) is 18.6. The number of pyridine rings is 1. The van der Waals surface area contributed by atoms with Crippen LogP contribution in [-0.2, 0) is 27.8 Å². The molecular formula is C27H24ClF2N3O4S. The van der Waals surface area contributed by atoms with Crippen molar-refractivity contribution in [3.8, 4) is 16.9 Å². The summed E-state index contributed by atoms with van der Waals surface area (Å²) in [5.74, 6) is -2.70. The second-order valence-corrected chi connectivity index (χ2v) is 11.7. The highest BCUT2D eigenvalue weighted by Crippen LogP contribution is 2.40. The first-order chi connectivity index (χ1) is 18.0. The fraction of sp³-hybridized carbons (Fsp3) is 0.259. The topological polar surface area (TPSA) is 88.6 Å². The Balaban J connectivity index is 1.22. The van der Waals surface area contributed by atoms with E-state index in [9.17, 15) is 22.0 Å². The third-order valence-corrected chi connectivity index (χ3v) is 8.44. The first-order valence-electron chi connectivity index (χ1n) is 11.9. The molecule has 0 aliphatic carbocycles. The maximum absolute atomic E-state index is 13.1. The van der Waals surface area contributed by atoms with Crippen LogP contribution in [0.4, 0.5) is 8.78 Å². The van der Waals surface area contributed by atoms with Crippen LogP contribution < -0.4 is 10.1 Å². The SMILES string of the molecule is Cc1ccc(CNC(=O)/C=C/C2Cc3cc(-c4ccc(S(=O)(=O)N5CC(F)(F)C5)cc4)cc(Cl)c3O2)cn1. The van der Waals surface area contributed by atoms with E-state index in [1.54, 1.807) is 30.5 Å². The molecule has 1 fully saturated rings. The molecule has 2 aliphatic heterocycles. The second kappa shape index (κ2) is 10.1. The lowest BCUT2D eigenvalue weighted by molar-refractivity contribution is -0.116. The number of benzene rings is 2. The Kier molecular flexibility index (Phi) is 6.97. The van der Waals surface area contributed by atoms with Crippen LogP contribution in [0.3, 0.4) is 0 Å². The van der Waals surface area contributed by atoms with Gasteiger partial charge in [-0.05, 0) is 60.0 Å². The predicted molar refractivity (Wildman–Crippen MR) is 139 cm³/mol. The number of aryl methyl sites for hydroxylation is 1. The van der Waals surface area contributed by atoms with E-state index < -0.39 is 29.0 Å². The number of halogens is 3. The molecule has 2 aromatic carbocycles. The van der Waals surface area contributed by atoms with Gasteiger partial charge in [-0.15, -0.1) is 0 Å². The van der Waals surface area contributed by atoms with Crippen molar-refractivity contribution in [2.24, 2.45) is 0 Å². The van der Waals surface area contributed by atoms with Crippen molar-refractivity contribution in [2.75, 3.05) is 13.1 Å². The summed E-state index contributed by atoms with van der Waals surface area (Å²) in [5.41, 5.74) is 4.13. The van der Waals surface area contributed by atoms with Gasteiger partial charge in [-0.1, -0.05) is 29.8 Å². The number of alkyl halides is 2. The average Bonchev–Trinajstić information content (AvgIpc) is 3.29.